The Morgan fingerprint density at radius 3 is 2.65 bits per heavy atom. The van der Waals surface area contributed by atoms with E-state index in [4.69, 9.17) is 0 Å². The van der Waals surface area contributed by atoms with Crippen LogP contribution < -0.4 is 0 Å². The molecule has 0 bridgehead atoms. The second-order valence-electron chi connectivity index (χ2n) is 4.01. The second-order valence-corrected chi connectivity index (χ2v) is 4.01. The lowest BCUT2D eigenvalue weighted by Gasteiger charge is -2.18. The quantitative estimate of drug-likeness (QED) is 0.834. The van der Waals surface area contributed by atoms with Crippen LogP contribution in [0.2, 0.25) is 0 Å². The van der Waals surface area contributed by atoms with Crippen LogP contribution in [0.15, 0.2) is 24.3 Å². The molecular formula is C12H16F3NO. The lowest BCUT2D eigenvalue weighted by molar-refractivity contribution is 0.0873. The van der Waals surface area contributed by atoms with Gasteiger partial charge in [0.1, 0.15) is 5.82 Å². The lowest BCUT2D eigenvalue weighted by Crippen LogP contribution is -2.26. The molecule has 0 spiro atoms. The third kappa shape index (κ3) is 5.19. The standard InChI is InChI=1S/C12H16F3NO/c1-16(8-12(14)15)6-5-11(17)9-3-2-4-10(13)7-9/h2-4,7,11-12,17H,5-6,8H2,1H3. The van der Waals surface area contributed by atoms with Crippen molar-refractivity contribution in [2.45, 2.75) is 19.0 Å². The van der Waals surface area contributed by atoms with Gasteiger partial charge in [-0.3, -0.25) is 0 Å². The van der Waals surface area contributed by atoms with Crippen LogP contribution in [0.1, 0.15) is 18.1 Å². The van der Waals surface area contributed by atoms with Crippen molar-refractivity contribution in [3.8, 4) is 0 Å². The fourth-order valence-corrected chi connectivity index (χ4v) is 1.55. The molecule has 96 valence electrons. The van der Waals surface area contributed by atoms with Crippen molar-refractivity contribution in [3.05, 3.63) is 35.6 Å². The van der Waals surface area contributed by atoms with Gasteiger partial charge in [0.25, 0.3) is 6.43 Å². The van der Waals surface area contributed by atoms with Crippen molar-refractivity contribution in [1.29, 1.82) is 0 Å². The first-order valence-corrected chi connectivity index (χ1v) is 5.39. The van der Waals surface area contributed by atoms with Gasteiger partial charge in [0.05, 0.1) is 12.6 Å². The molecule has 0 aliphatic rings. The molecule has 0 aliphatic heterocycles. The predicted octanol–water partition coefficient (Wildman–Crippen LogP) is 2.45. The molecule has 17 heavy (non-hydrogen) atoms. The van der Waals surface area contributed by atoms with E-state index in [1.807, 2.05) is 0 Å². The Kier molecular flexibility index (Phi) is 5.44. The third-order valence-electron chi connectivity index (χ3n) is 2.47. The van der Waals surface area contributed by atoms with Gasteiger partial charge >= 0.3 is 0 Å². The fraction of sp³-hybridized carbons (Fsp3) is 0.500. The zero-order valence-electron chi connectivity index (χ0n) is 9.61. The zero-order valence-corrected chi connectivity index (χ0v) is 9.61. The van der Waals surface area contributed by atoms with Crippen LogP contribution in [0.4, 0.5) is 13.2 Å². The molecule has 5 heteroatoms. The summed E-state index contributed by atoms with van der Waals surface area (Å²) in [6.45, 7) is 0.0118. The largest absolute Gasteiger partial charge is 0.388 e. The third-order valence-corrected chi connectivity index (χ3v) is 2.47. The van der Waals surface area contributed by atoms with Gasteiger partial charge in [-0.15, -0.1) is 0 Å². The summed E-state index contributed by atoms with van der Waals surface area (Å²) in [4.78, 5) is 1.44. The second kappa shape index (κ2) is 6.61. The van der Waals surface area contributed by atoms with Crippen LogP contribution >= 0.6 is 0 Å². The van der Waals surface area contributed by atoms with Gasteiger partial charge in [-0.2, -0.15) is 0 Å². The summed E-state index contributed by atoms with van der Waals surface area (Å²) in [6, 6.07) is 5.66. The van der Waals surface area contributed by atoms with Crippen LogP contribution in [0.25, 0.3) is 0 Å². The summed E-state index contributed by atoms with van der Waals surface area (Å²) >= 11 is 0. The number of halogens is 3. The Morgan fingerprint density at radius 1 is 1.35 bits per heavy atom. The van der Waals surface area contributed by atoms with Gasteiger partial charge in [-0.25, -0.2) is 13.2 Å². The van der Waals surface area contributed by atoms with Gasteiger partial charge < -0.3 is 10.0 Å². The molecule has 0 saturated heterocycles. The summed E-state index contributed by atoms with van der Waals surface area (Å²) in [7, 11) is 1.56. The Morgan fingerprint density at radius 2 is 2.06 bits per heavy atom. The summed E-state index contributed by atoms with van der Waals surface area (Å²) in [6.07, 6.45) is -2.91. The number of hydrogen-bond donors (Lipinski definition) is 1. The molecule has 0 heterocycles. The first-order chi connectivity index (χ1) is 7.99. The average Bonchev–Trinajstić information content (AvgIpc) is 2.25. The average molecular weight is 247 g/mol. The smallest absolute Gasteiger partial charge is 0.251 e. The summed E-state index contributed by atoms with van der Waals surface area (Å²) in [5, 5.41) is 9.75. The van der Waals surface area contributed by atoms with E-state index in [1.165, 1.54) is 23.1 Å². The Labute approximate surface area is 98.7 Å². The van der Waals surface area contributed by atoms with Crippen molar-refractivity contribution >= 4 is 0 Å². The minimum absolute atomic E-state index is 0.298. The van der Waals surface area contributed by atoms with Gasteiger partial charge in [-0.1, -0.05) is 12.1 Å². The normalized spacial score (nSPS) is 13.4. The van der Waals surface area contributed by atoms with E-state index in [-0.39, 0.29) is 6.54 Å². The van der Waals surface area contributed by atoms with E-state index >= 15 is 0 Å². The summed E-state index contributed by atoms with van der Waals surface area (Å²) < 4.78 is 36.9. The lowest BCUT2D eigenvalue weighted by atomic mass is 10.1. The van der Waals surface area contributed by atoms with Gasteiger partial charge in [-0.05, 0) is 31.2 Å². The van der Waals surface area contributed by atoms with E-state index < -0.39 is 18.3 Å². The highest BCUT2D eigenvalue weighted by molar-refractivity contribution is 5.18. The monoisotopic (exact) mass is 247 g/mol. The number of hydrogen-bond acceptors (Lipinski definition) is 2. The molecule has 1 N–H and O–H groups in total. The highest BCUT2D eigenvalue weighted by atomic mass is 19.3. The van der Waals surface area contributed by atoms with Gasteiger partial charge in [0, 0.05) is 6.54 Å². The van der Waals surface area contributed by atoms with Crippen molar-refractivity contribution in [2.24, 2.45) is 0 Å². The maximum absolute atomic E-state index is 12.9. The molecule has 0 fully saturated rings. The molecule has 1 aromatic carbocycles. The van der Waals surface area contributed by atoms with E-state index in [0.29, 0.717) is 18.5 Å². The van der Waals surface area contributed by atoms with Crippen LogP contribution in [-0.4, -0.2) is 36.6 Å². The predicted molar refractivity (Wildman–Crippen MR) is 59.5 cm³/mol. The van der Waals surface area contributed by atoms with E-state index in [9.17, 15) is 18.3 Å². The molecule has 1 unspecified atom stereocenters. The van der Waals surface area contributed by atoms with Gasteiger partial charge in [0.15, 0.2) is 0 Å². The molecule has 0 saturated carbocycles. The number of aliphatic hydroxyl groups excluding tert-OH is 1. The van der Waals surface area contributed by atoms with E-state index in [2.05, 4.69) is 0 Å². The van der Waals surface area contributed by atoms with Crippen LogP contribution in [-0.2, 0) is 0 Å². The van der Waals surface area contributed by atoms with Gasteiger partial charge in [0.2, 0.25) is 0 Å². The minimum atomic E-state index is -2.38. The van der Waals surface area contributed by atoms with Crippen LogP contribution in [0.5, 0.6) is 0 Å². The first kappa shape index (κ1) is 14.0. The molecule has 2 nitrogen and oxygen atoms in total. The molecule has 0 aliphatic carbocycles. The molecule has 1 rings (SSSR count). The highest BCUT2D eigenvalue weighted by Gasteiger charge is 2.12. The Balaban J connectivity index is 2.42. The number of rotatable bonds is 6. The molecule has 0 aromatic heterocycles. The molecule has 1 atom stereocenters. The number of benzene rings is 1. The maximum atomic E-state index is 12.9. The van der Waals surface area contributed by atoms with Crippen LogP contribution in [0, 0.1) is 5.82 Å². The van der Waals surface area contributed by atoms with E-state index in [0.717, 1.165) is 0 Å². The number of nitrogens with zero attached hydrogens (tertiary/aromatic N) is 1. The molecule has 0 amide bonds. The minimum Gasteiger partial charge on any atom is -0.388 e. The van der Waals surface area contributed by atoms with E-state index in [1.54, 1.807) is 13.1 Å². The summed E-state index contributed by atoms with van der Waals surface area (Å²) in [5.74, 6) is -0.414. The molecular weight excluding hydrogens is 231 g/mol. The molecule has 0 radical (unpaired) electrons. The number of alkyl halides is 2. The topological polar surface area (TPSA) is 23.5 Å². The van der Waals surface area contributed by atoms with Crippen molar-refractivity contribution in [3.63, 3.8) is 0 Å². The zero-order chi connectivity index (χ0) is 12.8. The first-order valence-electron chi connectivity index (χ1n) is 5.39. The van der Waals surface area contributed by atoms with Crippen molar-refractivity contribution < 1.29 is 18.3 Å². The van der Waals surface area contributed by atoms with Crippen LogP contribution in [0.3, 0.4) is 0 Å². The van der Waals surface area contributed by atoms with Crippen molar-refractivity contribution in [2.75, 3.05) is 20.1 Å². The fourth-order valence-electron chi connectivity index (χ4n) is 1.55. The summed E-state index contributed by atoms with van der Waals surface area (Å²) in [5.41, 5.74) is 0.468. The number of aliphatic hydroxyl groups is 1. The Hall–Kier alpha value is -1.07. The molecule has 1 aromatic rings. The Bertz CT molecular complexity index is 346. The van der Waals surface area contributed by atoms with Crippen molar-refractivity contribution in [1.82, 2.24) is 4.90 Å². The maximum Gasteiger partial charge on any atom is 0.251 e. The highest BCUT2D eigenvalue weighted by Crippen LogP contribution is 2.17. The SMILES string of the molecule is CN(CCC(O)c1cccc(F)c1)CC(F)F.